The number of aliphatic hydroxyl groups excluding tert-OH is 1. The van der Waals surface area contributed by atoms with Crippen LogP contribution in [0, 0.1) is 0 Å². The maximum atomic E-state index is 9.69. The Kier molecular flexibility index (Phi) is 2.52. The lowest BCUT2D eigenvalue weighted by Crippen LogP contribution is -2.12. The van der Waals surface area contributed by atoms with Crippen molar-refractivity contribution in [2.24, 2.45) is 0 Å². The molecule has 1 aromatic rings. The highest BCUT2D eigenvalue weighted by atomic mass is 16.3. The first-order chi connectivity index (χ1) is 7.84. The normalized spacial score (nSPS) is 28.7. The summed E-state index contributed by atoms with van der Waals surface area (Å²) in [5, 5.41) is 9.69. The highest BCUT2D eigenvalue weighted by Crippen LogP contribution is 2.40. The Labute approximate surface area is 96.0 Å². The summed E-state index contributed by atoms with van der Waals surface area (Å²) in [5.41, 5.74) is 4.06. The molecule has 2 heteroatoms. The number of aliphatic hydroxyl groups is 1. The Balaban J connectivity index is 1.92. The van der Waals surface area contributed by atoms with E-state index in [0.717, 1.165) is 25.7 Å². The number of rotatable bonds is 1. The van der Waals surface area contributed by atoms with Crippen LogP contribution in [0.4, 0.5) is 0 Å². The first-order valence-electron chi connectivity index (χ1n) is 6.17. The number of pyridine rings is 1. The number of aryl methyl sites for hydroxylation is 1. The zero-order chi connectivity index (χ0) is 11.0. The van der Waals surface area contributed by atoms with Crippen LogP contribution in [0.3, 0.4) is 0 Å². The van der Waals surface area contributed by atoms with E-state index in [9.17, 15) is 5.11 Å². The molecule has 0 aliphatic heterocycles. The molecule has 2 aliphatic rings. The smallest absolute Gasteiger partial charge is 0.0723 e. The molecule has 84 valence electrons. The van der Waals surface area contributed by atoms with E-state index in [1.54, 1.807) is 0 Å². The van der Waals surface area contributed by atoms with Gasteiger partial charge in [0.2, 0.25) is 0 Å². The lowest BCUT2D eigenvalue weighted by atomic mass is 9.86. The second-order valence-electron chi connectivity index (χ2n) is 4.84. The summed E-state index contributed by atoms with van der Waals surface area (Å²) in [5.74, 6) is 0.478. The van der Waals surface area contributed by atoms with Crippen LogP contribution in [0.25, 0.3) is 0 Å². The molecule has 0 bridgehead atoms. The van der Waals surface area contributed by atoms with Gasteiger partial charge in [0.05, 0.1) is 11.8 Å². The van der Waals surface area contributed by atoms with E-state index >= 15 is 0 Å². The van der Waals surface area contributed by atoms with Crippen molar-refractivity contribution in [3.8, 4) is 0 Å². The molecule has 0 amide bonds. The van der Waals surface area contributed by atoms with E-state index in [2.05, 4.69) is 17.1 Å². The lowest BCUT2D eigenvalue weighted by Gasteiger charge is -2.22. The highest BCUT2D eigenvalue weighted by Gasteiger charge is 2.28. The molecule has 2 aliphatic carbocycles. The average molecular weight is 215 g/mol. The second kappa shape index (κ2) is 4.02. The molecule has 1 aromatic heterocycles. The summed E-state index contributed by atoms with van der Waals surface area (Å²) >= 11 is 0. The monoisotopic (exact) mass is 215 g/mol. The summed E-state index contributed by atoms with van der Waals surface area (Å²) in [4.78, 5) is 4.52. The standard InChI is InChI=1S/C14H17NO/c16-12-5-1-3-11(9-12)13-7-6-10-4-2-8-15-14(10)13/h2,4,8-9,12-13,16H,1,3,5-7H2. The minimum Gasteiger partial charge on any atom is -0.389 e. The third kappa shape index (κ3) is 1.67. The van der Waals surface area contributed by atoms with E-state index in [-0.39, 0.29) is 6.10 Å². The predicted octanol–water partition coefficient (Wildman–Crippen LogP) is 2.58. The van der Waals surface area contributed by atoms with Gasteiger partial charge in [0.25, 0.3) is 0 Å². The number of aromatic nitrogens is 1. The van der Waals surface area contributed by atoms with E-state index in [0.29, 0.717) is 5.92 Å². The Hall–Kier alpha value is -1.15. The molecule has 2 nitrogen and oxygen atoms in total. The summed E-state index contributed by atoms with van der Waals surface area (Å²) in [6, 6.07) is 4.20. The molecule has 0 radical (unpaired) electrons. The number of hydrogen-bond acceptors (Lipinski definition) is 2. The largest absolute Gasteiger partial charge is 0.389 e. The van der Waals surface area contributed by atoms with E-state index < -0.39 is 0 Å². The van der Waals surface area contributed by atoms with Crippen LogP contribution in [0.15, 0.2) is 30.0 Å². The third-order valence-corrected chi connectivity index (χ3v) is 3.78. The molecule has 0 saturated heterocycles. The van der Waals surface area contributed by atoms with Crippen molar-refractivity contribution in [1.82, 2.24) is 4.98 Å². The Morgan fingerprint density at radius 2 is 2.19 bits per heavy atom. The van der Waals surface area contributed by atoms with Crippen LogP contribution < -0.4 is 0 Å². The van der Waals surface area contributed by atoms with Crippen LogP contribution in [-0.2, 0) is 6.42 Å². The molecular weight excluding hydrogens is 198 g/mol. The molecule has 1 N–H and O–H groups in total. The van der Waals surface area contributed by atoms with Crippen LogP contribution in [0.1, 0.15) is 42.9 Å². The second-order valence-corrected chi connectivity index (χ2v) is 4.84. The fourth-order valence-corrected chi connectivity index (χ4v) is 2.99. The topological polar surface area (TPSA) is 33.1 Å². The van der Waals surface area contributed by atoms with Gasteiger partial charge in [0.15, 0.2) is 0 Å². The molecule has 2 unspecified atom stereocenters. The zero-order valence-electron chi connectivity index (χ0n) is 9.39. The number of hydrogen-bond donors (Lipinski definition) is 1. The molecular formula is C14H17NO. The van der Waals surface area contributed by atoms with Gasteiger partial charge in [0.1, 0.15) is 0 Å². The quantitative estimate of drug-likeness (QED) is 0.730. The van der Waals surface area contributed by atoms with Crippen molar-refractivity contribution >= 4 is 0 Å². The van der Waals surface area contributed by atoms with Gasteiger partial charge in [0, 0.05) is 12.1 Å². The third-order valence-electron chi connectivity index (χ3n) is 3.78. The minimum absolute atomic E-state index is 0.225. The molecule has 0 saturated carbocycles. The van der Waals surface area contributed by atoms with Gasteiger partial charge in [-0.2, -0.15) is 0 Å². The Morgan fingerprint density at radius 3 is 3.06 bits per heavy atom. The van der Waals surface area contributed by atoms with Crippen molar-refractivity contribution in [3.05, 3.63) is 41.2 Å². The Bertz CT molecular complexity index is 424. The average Bonchev–Trinajstić information content (AvgIpc) is 2.72. The molecule has 2 atom stereocenters. The van der Waals surface area contributed by atoms with Gasteiger partial charge in [-0.25, -0.2) is 0 Å². The lowest BCUT2D eigenvalue weighted by molar-refractivity contribution is 0.201. The summed E-state index contributed by atoms with van der Waals surface area (Å²) in [7, 11) is 0. The summed E-state index contributed by atoms with van der Waals surface area (Å²) in [6.45, 7) is 0. The van der Waals surface area contributed by atoms with Crippen molar-refractivity contribution in [2.45, 2.75) is 44.1 Å². The number of nitrogens with zero attached hydrogens (tertiary/aromatic N) is 1. The molecule has 3 rings (SSSR count). The fraction of sp³-hybridized carbons (Fsp3) is 0.500. The van der Waals surface area contributed by atoms with Crippen LogP contribution >= 0.6 is 0 Å². The zero-order valence-corrected chi connectivity index (χ0v) is 9.39. The number of fused-ring (bicyclic) bond motifs is 1. The van der Waals surface area contributed by atoms with Gasteiger partial charge >= 0.3 is 0 Å². The van der Waals surface area contributed by atoms with Gasteiger partial charge in [-0.3, -0.25) is 4.98 Å². The van der Waals surface area contributed by atoms with Gasteiger partial charge in [-0.1, -0.05) is 17.7 Å². The van der Waals surface area contributed by atoms with Gasteiger partial charge in [-0.05, 0) is 43.7 Å². The van der Waals surface area contributed by atoms with E-state index in [1.807, 2.05) is 12.3 Å². The fourth-order valence-electron chi connectivity index (χ4n) is 2.99. The summed E-state index contributed by atoms with van der Waals surface area (Å²) < 4.78 is 0. The summed E-state index contributed by atoms with van der Waals surface area (Å²) in [6.07, 6.45) is 9.21. The van der Waals surface area contributed by atoms with Crippen molar-refractivity contribution in [2.75, 3.05) is 0 Å². The molecule has 16 heavy (non-hydrogen) atoms. The molecule has 1 heterocycles. The first kappa shape index (κ1) is 10.0. The minimum atomic E-state index is -0.225. The maximum absolute atomic E-state index is 9.69. The maximum Gasteiger partial charge on any atom is 0.0723 e. The molecule has 0 aromatic carbocycles. The first-order valence-corrected chi connectivity index (χ1v) is 6.17. The predicted molar refractivity (Wildman–Crippen MR) is 63.2 cm³/mol. The van der Waals surface area contributed by atoms with E-state index in [1.165, 1.54) is 23.3 Å². The van der Waals surface area contributed by atoms with Crippen LogP contribution in [-0.4, -0.2) is 16.2 Å². The molecule has 0 fully saturated rings. The van der Waals surface area contributed by atoms with E-state index in [4.69, 9.17) is 0 Å². The highest BCUT2D eigenvalue weighted by molar-refractivity contribution is 5.36. The van der Waals surface area contributed by atoms with Crippen LogP contribution in [0.2, 0.25) is 0 Å². The van der Waals surface area contributed by atoms with Crippen molar-refractivity contribution in [1.29, 1.82) is 0 Å². The van der Waals surface area contributed by atoms with Crippen LogP contribution in [0.5, 0.6) is 0 Å². The number of allylic oxidation sites excluding steroid dienone is 1. The Morgan fingerprint density at radius 1 is 1.25 bits per heavy atom. The van der Waals surface area contributed by atoms with Gasteiger partial charge in [-0.15, -0.1) is 0 Å². The van der Waals surface area contributed by atoms with Gasteiger partial charge < -0.3 is 5.11 Å². The van der Waals surface area contributed by atoms with Crippen molar-refractivity contribution < 1.29 is 5.11 Å². The SMILES string of the molecule is OC1C=C(C2CCc3cccnc32)CCC1. The molecule has 0 spiro atoms. The van der Waals surface area contributed by atoms with Crippen molar-refractivity contribution in [3.63, 3.8) is 0 Å².